The Morgan fingerprint density at radius 3 is 2.38 bits per heavy atom. The second-order valence-corrected chi connectivity index (χ2v) is 4.06. The summed E-state index contributed by atoms with van der Waals surface area (Å²) in [6.07, 6.45) is 1.30. The second kappa shape index (κ2) is 10.4. The second-order valence-electron chi connectivity index (χ2n) is 2.99. The monoisotopic (exact) mass is 263 g/mol. The number of unbranched alkanes of at least 4 members (excludes halogenated alkanes) is 3. The number of azide groups is 1. The Morgan fingerprint density at radius 1 is 1.31 bits per heavy atom. The summed E-state index contributed by atoms with van der Waals surface area (Å²) < 4.78 is 45.0. The summed E-state index contributed by atoms with van der Waals surface area (Å²) in [5.74, 6) is 0. The van der Waals surface area contributed by atoms with E-state index in [0.29, 0.717) is 25.8 Å². The Kier molecular flexibility index (Phi) is 12.2. The van der Waals surface area contributed by atoms with Gasteiger partial charge in [0.1, 0.15) is 0 Å². The molecule has 0 amide bonds. The zero-order valence-electron chi connectivity index (χ0n) is 9.06. The molecule has 0 aliphatic rings. The first-order chi connectivity index (χ1) is 7.00. The summed E-state index contributed by atoms with van der Waals surface area (Å²) in [5, 5.41) is -0.340. The minimum Gasteiger partial charge on any atom is -0.768 e. The molecule has 0 fully saturated rings. The third-order valence-corrected chi connectivity index (χ3v) is 2.47. The van der Waals surface area contributed by atoms with Crippen LogP contribution in [0.5, 0.6) is 0 Å². The van der Waals surface area contributed by atoms with Crippen LogP contribution in [-0.2, 0) is 11.1 Å². The average Bonchev–Trinajstić information content (AvgIpc) is 2.16. The molecule has 16 heavy (non-hydrogen) atoms. The Hall–Kier alpha value is 0.280. The zero-order chi connectivity index (χ0) is 11.7. The van der Waals surface area contributed by atoms with E-state index in [1.165, 1.54) is 0 Å². The topological polar surface area (TPSA) is 88.9 Å². The van der Waals surface area contributed by atoms with E-state index in [9.17, 15) is 17.5 Å². The molecule has 88 valence electrons. The van der Waals surface area contributed by atoms with E-state index >= 15 is 0 Å². The van der Waals surface area contributed by atoms with E-state index in [0.717, 1.165) is 0 Å². The maximum Gasteiger partial charge on any atom is 1.00 e. The fourth-order valence-corrected chi connectivity index (χ4v) is 1.31. The van der Waals surface area contributed by atoms with Crippen LogP contribution < -0.4 is 29.6 Å². The third-order valence-electron chi connectivity index (χ3n) is 1.78. The van der Waals surface area contributed by atoms with Crippen molar-refractivity contribution in [3.8, 4) is 0 Å². The van der Waals surface area contributed by atoms with Crippen LogP contribution in [0.4, 0.5) is 8.78 Å². The van der Waals surface area contributed by atoms with Gasteiger partial charge in [-0.15, -0.1) is 0 Å². The van der Waals surface area contributed by atoms with Crippen LogP contribution in [0.3, 0.4) is 0 Å². The Morgan fingerprint density at radius 2 is 1.88 bits per heavy atom. The minimum absolute atomic E-state index is 0. The van der Waals surface area contributed by atoms with Crippen molar-refractivity contribution in [1.29, 1.82) is 0 Å². The van der Waals surface area contributed by atoms with Gasteiger partial charge in [0.25, 0.3) is 0 Å². The first-order valence-electron chi connectivity index (χ1n) is 4.49. The molecule has 0 aliphatic carbocycles. The molecule has 9 heteroatoms. The molecule has 0 aromatic carbocycles. The van der Waals surface area contributed by atoms with Gasteiger partial charge in [0.2, 0.25) is 0 Å². The van der Waals surface area contributed by atoms with Crippen LogP contribution in [0, 0.1) is 0 Å². The van der Waals surface area contributed by atoms with E-state index in [1.807, 2.05) is 0 Å². The maximum absolute atomic E-state index is 12.5. The molecule has 0 aliphatic heterocycles. The van der Waals surface area contributed by atoms with E-state index in [1.54, 1.807) is 0 Å². The van der Waals surface area contributed by atoms with Gasteiger partial charge in [0.05, 0.1) is 0 Å². The van der Waals surface area contributed by atoms with Crippen LogP contribution >= 0.6 is 0 Å². The van der Waals surface area contributed by atoms with Crippen molar-refractivity contribution < 1.29 is 47.1 Å². The van der Waals surface area contributed by atoms with E-state index in [2.05, 4.69) is 10.0 Å². The summed E-state index contributed by atoms with van der Waals surface area (Å²) in [7, 11) is 0. The number of rotatable bonds is 8. The maximum atomic E-state index is 12.5. The fourth-order valence-electron chi connectivity index (χ4n) is 0.995. The van der Waals surface area contributed by atoms with Crippen LogP contribution in [0.1, 0.15) is 32.1 Å². The van der Waals surface area contributed by atoms with Gasteiger partial charge in [-0.05, 0) is 18.4 Å². The molecule has 1 unspecified atom stereocenters. The number of alkyl halides is 2. The van der Waals surface area contributed by atoms with Crippen LogP contribution in [0.2, 0.25) is 0 Å². The summed E-state index contributed by atoms with van der Waals surface area (Å²) in [6.45, 7) is 0.348. The van der Waals surface area contributed by atoms with Crippen molar-refractivity contribution in [2.24, 2.45) is 5.11 Å². The molecule has 0 spiro atoms. The molecule has 0 aromatic rings. The molecular weight excluding hydrogens is 251 g/mol. The number of hydrogen-bond donors (Lipinski definition) is 0. The summed E-state index contributed by atoms with van der Waals surface area (Å²) in [4.78, 5) is 2.54. The first kappa shape index (κ1) is 18.6. The van der Waals surface area contributed by atoms with E-state index in [4.69, 9.17) is 5.53 Å². The molecule has 0 rings (SSSR count). The van der Waals surface area contributed by atoms with Gasteiger partial charge in [0, 0.05) is 29.0 Å². The smallest absolute Gasteiger partial charge is 0.768 e. The molecular formula is C7H12F2N3NaO2S. The molecule has 0 heterocycles. The molecule has 0 bridgehead atoms. The Bertz CT molecular complexity index is 262. The van der Waals surface area contributed by atoms with Crippen molar-refractivity contribution in [2.45, 2.75) is 37.4 Å². The standard InChI is InChI=1S/C7H13F2N3O2S.Na/c8-7(9,15(13)14)5-3-1-2-4-6-11-12-10;/h1-6H2,(H,13,14);/q;+1/p-1. The minimum atomic E-state index is -3.62. The van der Waals surface area contributed by atoms with Gasteiger partial charge in [-0.3, -0.25) is 4.21 Å². The van der Waals surface area contributed by atoms with E-state index < -0.39 is 22.8 Å². The van der Waals surface area contributed by atoms with Crippen LogP contribution in [0.25, 0.3) is 10.4 Å². The van der Waals surface area contributed by atoms with Crippen LogP contribution in [-0.4, -0.2) is 20.6 Å². The predicted molar refractivity (Wildman–Crippen MR) is 51.0 cm³/mol. The number of halogens is 2. The van der Waals surface area contributed by atoms with Gasteiger partial charge in [-0.1, -0.05) is 18.0 Å². The largest absolute Gasteiger partial charge is 1.00 e. The SMILES string of the molecule is [N-]=[N+]=NCCCCCCC(F)(F)S(=O)[O-].[Na+]. The molecule has 0 aromatic heterocycles. The number of nitrogens with zero attached hydrogens (tertiary/aromatic N) is 3. The Balaban J connectivity index is 0. The van der Waals surface area contributed by atoms with Gasteiger partial charge in [-0.25, -0.2) is 0 Å². The third kappa shape index (κ3) is 9.50. The normalized spacial score (nSPS) is 12.4. The van der Waals surface area contributed by atoms with Crippen LogP contribution in [0.15, 0.2) is 5.11 Å². The van der Waals surface area contributed by atoms with Gasteiger partial charge in [0.15, 0.2) is 0 Å². The predicted octanol–water partition coefficient (Wildman–Crippen LogP) is -0.277. The Labute approximate surface area is 117 Å². The summed E-state index contributed by atoms with van der Waals surface area (Å²) >= 11 is -3.34. The molecule has 0 radical (unpaired) electrons. The number of hydrogen-bond acceptors (Lipinski definition) is 3. The van der Waals surface area contributed by atoms with Gasteiger partial charge >= 0.3 is 34.8 Å². The quantitative estimate of drug-likeness (QED) is 0.150. The van der Waals surface area contributed by atoms with Gasteiger partial charge in [-0.2, -0.15) is 8.78 Å². The molecule has 0 saturated heterocycles. The van der Waals surface area contributed by atoms with Crippen molar-refractivity contribution in [3.63, 3.8) is 0 Å². The van der Waals surface area contributed by atoms with Crippen molar-refractivity contribution >= 4 is 11.1 Å². The van der Waals surface area contributed by atoms with Crippen molar-refractivity contribution in [1.82, 2.24) is 0 Å². The fraction of sp³-hybridized carbons (Fsp3) is 1.00. The average molecular weight is 263 g/mol. The molecule has 1 atom stereocenters. The molecule has 0 N–H and O–H groups in total. The molecule has 5 nitrogen and oxygen atoms in total. The van der Waals surface area contributed by atoms with Crippen molar-refractivity contribution in [3.05, 3.63) is 10.4 Å². The summed E-state index contributed by atoms with van der Waals surface area (Å²) in [5.41, 5.74) is 7.93. The van der Waals surface area contributed by atoms with Crippen molar-refractivity contribution in [2.75, 3.05) is 6.54 Å². The zero-order valence-corrected chi connectivity index (χ0v) is 11.9. The molecule has 0 saturated carbocycles. The van der Waals surface area contributed by atoms with E-state index in [-0.39, 0.29) is 36.0 Å². The summed E-state index contributed by atoms with van der Waals surface area (Å²) in [6, 6.07) is 0. The first-order valence-corrected chi connectivity index (χ1v) is 5.56. The van der Waals surface area contributed by atoms with Gasteiger partial charge < -0.3 is 4.55 Å².